The lowest BCUT2D eigenvalue weighted by Gasteiger charge is -2.18. The molecule has 1 aromatic heterocycles. The van der Waals surface area contributed by atoms with Crippen LogP contribution in [0.1, 0.15) is 24.2 Å². The fourth-order valence-electron chi connectivity index (χ4n) is 3.45. The second-order valence-electron chi connectivity index (χ2n) is 7.34. The van der Waals surface area contributed by atoms with Crippen LogP contribution in [0.5, 0.6) is 0 Å². The number of fused-ring (bicyclic) bond motifs is 1. The number of sulfone groups is 1. The first-order valence-corrected chi connectivity index (χ1v) is 11.6. The zero-order chi connectivity index (χ0) is 22.0. The number of anilines is 1. The zero-order valence-electron chi connectivity index (χ0n) is 17.1. The molecule has 1 heterocycles. The Morgan fingerprint density at radius 1 is 0.935 bits per heavy atom. The highest BCUT2D eigenvalue weighted by atomic mass is 32.2. The highest BCUT2D eigenvalue weighted by Gasteiger charge is 2.15. The van der Waals surface area contributed by atoms with Crippen LogP contribution in [0, 0.1) is 11.3 Å². The summed E-state index contributed by atoms with van der Waals surface area (Å²) >= 11 is 0. The Morgan fingerprint density at radius 3 is 2.26 bits per heavy atom. The van der Waals surface area contributed by atoms with Crippen molar-refractivity contribution >= 4 is 26.4 Å². The zero-order valence-corrected chi connectivity index (χ0v) is 17.9. The fraction of sp³-hybridized carbons (Fsp3) is 0.125. The molecule has 0 amide bonds. The predicted octanol–water partition coefficient (Wildman–Crippen LogP) is 4.75. The van der Waals surface area contributed by atoms with Crippen LogP contribution in [-0.4, -0.2) is 24.9 Å². The van der Waals surface area contributed by atoms with Crippen molar-refractivity contribution in [2.24, 2.45) is 0 Å². The molecule has 1 N–H and O–H groups in total. The standard InChI is InChI=1S/C24H20N4O2S/c1-16(17-6-4-3-5-7-17)26-24-21-13-10-19(14-22(21)27-28-23(24)15-25)18-8-11-20(12-9-18)31(2,29)30/h3-14,16H,1-2H3,(H,26,27)/t16-/m1/s1. The summed E-state index contributed by atoms with van der Waals surface area (Å²) in [5, 5.41) is 22.1. The second kappa shape index (κ2) is 8.17. The van der Waals surface area contributed by atoms with Crippen LogP contribution in [0.3, 0.4) is 0 Å². The molecule has 6 nitrogen and oxygen atoms in total. The Labute approximate surface area is 181 Å². The van der Waals surface area contributed by atoms with E-state index in [-0.39, 0.29) is 16.6 Å². The van der Waals surface area contributed by atoms with Crippen molar-refractivity contribution in [1.29, 1.82) is 5.26 Å². The van der Waals surface area contributed by atoms with E-state index in [1.54, 1.807) is 24.3 Å². The van der Waals surface area contributed by atoms with Crippen LogP contribution in [0.15, 0.2) is 77.7 Å². The number of rotatable bonds is 5. The van der Waals surface area contributed by atoms with Crippen molar-refractivity contribution < 1.29 is 8.42 Å². The monoisotopic (exact) mass is 428 g/mol. The molecule has 0 aliphatic carbocycles. The largest absolute Gasteiger partial charge is 0.376 e. The van der Waals surface area contributed by atoms with Gasteiger partial charge in [0.25, 0.3) is 0 Å². The van der Waals surface area contributed by atoms with Gasteiger partial charge in [0, 0.05) is 17.7 Å². The number of nitrogens with zero attached hydrogens (tertiary/aromatic N) is 3. The van der Waals surface area contributed by atoms with Crippen LogP contribution in [-0.2, 0) is 9.84 Å². The van der Waals surface area contributed by atoms with Crippen molar-refractivity contribution in [3.8, 4) is 17.2 Å². The molecular formula is C24H20N4O2S. The Morgan fingerprint density at radius 2 is 1.61 bits per heavy atom. The Kier molecular flexibility index (Phi) is 5.40. The Hall–Kier alpha value is -3.76. The second-order valence-corrected chi connectivity index (χ2v) is 9.36. The first kappa shape index (κ1) is 20.5. The van der Waals surface area contributed by atoms with Crippen LogP contribution < -0.4 is 5.32 Å². The van der Waals surface area contributed by atoms with Gasteiger partial charge in [0.2, 0.25) is 0 Å². The van der Waals surface area contributed by atoms with E-state index in [1.807, 2.05) is 55.5 Å². The lowest BCUT2D eigenvalue weighted by atomic mass is 10.0. The average molecular weight is 429 g/mol. The highest BCUT2D eigenvalue weighted by Crippen LogP contribution is 2.31. The predicted molar refractivity (Wildman–Crippen MR) is 121 cm³/mol. The van der Waals surface area contributed by atoms with E-state index < -0.39 is 9.84 Å². The van der Waals surface area contributed by atoms with Gasteiger partial charge in [-0.3, -0.25) is 0 Å². The number of nitriles is 1. The molecule has 154 valence electrons. The van der Waals surface area contributed by atoms with Gasteiger partial charge in [0.15, 0.2) is 15.5 Å². The van der Waals surface area contributed by atoms with Gasteiger partial charge >= 0.3 is 0 Å². The maximum atomic E-state index is 11.7. The van der Waals surface area contributed by atoms with Gasteiger partial charge in [0.05, 0.1) is 16.1 Å². The van der Waals surface area contributed by atoms with Gasteiger partial charge < -0.3 is 5.32 Å². The number of aromatic nitrogens is 2. The lowest BCUT2D eigenvalue weighted by Crippen LogP contribution is -2.09. The number of nitrogens with one attached hydrogen (secondary N) is 1. The molecule has 7 heteroatoms. The van der Waals surface area contributed by atoms with E-state index in [0.29, 0.717) is 11.2 Å². The molecular weight excluding hydrogens is 408 g/mol. The van der Waals surface area contributed by atoms with Crippen molar-refractivity contribution in [2.45, 2.75) is 17.9 Å². The molecule has 0 unspecified atom stereocenters. The molecule has 0 bridgehead atoms. The summed E-state index contributed by atoms with van der Waals surface area (Å²) in [5.74, 6) is 0. The SMILES string of the molecule is C[C@@H](Nc1c(C#N)nnc2cc(-c3ccc(S(C)(=O)=O)cc3)ccc12)c1ccccc1. The molecule has 0 aliphatic heterocycles. The lowest BCUT2D eigenvalue weighted by molar-refractivity contribution is 0.602. The van der Waals surface area contributed by atoms with Crippen molar-refractivity contribution in [3.63, 3.8) is 0 Å². The summed E-state index contributed by atoms with van der Waals surface area (Å²) < 4.78 is 23.4. The minimum atomic E-state index is -3.25. The van der Waals surface area contributed by atoms with Crippen LogP contribution >= 0.6 is 0 Å². The first-order valence-electron chi connectivity index (χ1n) is 9.69. The van der Waals surface area contributed by atoms with Crippen LogP contribution in [0.25, 0.3) is 22.0 Å². The normalized spacial score (nSPS) is 12.3. The average Bonchev–Trinajstić information content (AvgIpc) is 2.79. The Balaban J connectivity index is 1.74. The van der Waals surface area contributed by atoms with Gasteiger partial charge in [-0.15, -0.1) is 10.2 Å². The van der Waals surface area contributed by atoms with Crippen molar-refractivity contribution in [1.82, 2.24) is 10.2 Å². The summed E-state index contributed by atoms with van der Waals surface area (Å²) in [5.41, 5.74) is 4.37. The van der Waals surface area contributed by atoms with E-state index >= 15 is 0 Å². The van der Waals surface area contributed by atoms with E-state index in [0.717, 1.165) is 22.1 Å². The summed E-state index contributed by atoms with van der Waals surface area (Å²) in [6, 6.07) is 24.5. The van der Waals surface area contributed by atoms with Crippen molar-refractivity contribution in [3.05, 3.63) is 84.1 Å². The number of benzene rings is 3. The molecule has 0 saturated carbocycles. The quantitative estimate of drug-likeness (QED) is 0.493. The molecule has 0 spiro atoms. The number of hydrogen-bond donors (Lipinski definition) is 1. The first-order chi connectivity index (χ1) is 14.9. The molecule has 31 heavy (non-hydrogen) atoms. The summed E-state index contributed by atoms with van der Waals surface area (Å²) in [6.07, 6.45) is 1.19. The molecule has 1 atom stereocenters. The third kappa shape index (κ3) is 4.25. The van der Waals surface area contributed by atoms with E-state index in [4.69, 9.17) is 0 Å². The summed E-state index contributed by atoms with van der Waals surface area (Å²) in [4.78, 5) is 0.275. The van der Waals surface area contributed by atoms with Crippen molar-refractivity contribution in [2.75, 3.05) is 11.6 Å². The van der Waals surface area contributed by atoms with Crippen LogP contribution in [0.2, 0.25) is 0 Å². The summed E-state index contributed by atoms with van der Waals surface area (Å²) in [6.45, 7) is 2.03. The number of hydrogen-bond acceptors (Lipinski definition) is 6. The van der Waals surface area contributed by atoms with Crippen LogP contribution in [0.4, 0.5) is 5.69 Å². The third-order valence-corrected chi connectivity index (χ3v) is 6.27. The summed E-state index contributed by atoms with van der Waals surface area (Å²) in [7, 11) is -3.25. The molecule has 4 aromatic rings. The molecule has 0 fully saturated rings. The minimum absolute atomic E-state index is 0.0242. The highest BCUT2D eigenvalue weighted by molar-refractivity contribution is 7.90. The maximum absolute atomic E-state index is 11.7. The molecule has 3 aromatic carbocycles. The minimum Gasteiger partial charge on any atom is -0.376 e. The molecule has 0 radical (unpaired) electrons. The van der Waals surface area contributed by atoms with Gasteiger partial charge in [-0.1, -0.05) is 48.5 Å². The van der Waals surface area contributed by atoms with E-state index in [1.165, 1.54) is 6.26 Å². The smallest absolute Gasteiger partial charge is 0.186 e. The van der Waals surface area contributed by atoms with Gasteiger partial charge in [0.1, 0.15) is 6.07 Å². The molecule has 4 rings (SSSR count). The topological polar surface area (TPSA) is 95.7 Å². The van der Waals surface area contributed by atoms with E-state index in [9.17, 15) is 13.7 Å². The Bertz CT molecular complexity index is 1390. The molecule has 0 aliphatic rings. The van der Waals surface area contributed by atoms with Gasteiger partial charge in [-0.05, 0) is 47.9 Å². The third-order valence-electron chi connectivity index (χ3n) is 5.14. The fourth-order valence-corrected chi connectivity index (χ4v) is 4.08. The molecule has 0 saturated heterocycles. The van der Waals surface area contributed by atoms with E-state index in [2.05, 4.69) is 21.6 Å². The van der Waals surface area contributed by atoms with Gasteiger partial charge in [-0.2, -0.15) is 5.26 Å². The van der Waals surface area contributed by atoms with Gasteiger partial charge in [-0.25, -0.2) is 8.42 Å². The maximum Gasteiger partial charge on any atom is 0.186 e.